The van der Waals surface area contributed by atoms with E-state index in [9.17, 15) is 0 Å². The Morgan fingerprint density at radius 3 is 2.86 bits per heavy atom. The zero-order valence-corrected chi connectivity index (χ0v) is 16.6. The van der Waals surface area contributed by atoms with Gasteiger partial charge >= 0.3 is 0 Å². The van der Waals surface area contributed by atoms with Crippen molar-refractivity contribution in [1.82, 2.24) is 20.2 Å². The second-order valence-corrected chi connectivity index (χ2v) is 7.51. The number of ether oxygens (including phenoxy) is 1. The molecule has 6 nitrogen and oxygen atoms in total. The fourth-order valence-corrected chi connectivity index (χ4v) is 4.15. The fraction of sp³-hybridized carbons (Fsp3) is 0.304. The number of imidazole rings is 1. The highest BCUT2D eigenvalue weighted by atomic mass is 16.5. The summed E-state index contributed by atoms with van der Waals surface area (Å²) in [4.78, 5) is 15.5. The molecule has 1 saturated heterocycles. The minimum Gasteiger partial charge on any atom is -0.497 e. The van der Waals surface area contributed by atoms with E-state index in [0.29, 0.717) is 0 Å². The van der Waals surface area contributed by atoms with Crippen molar-refractivity contribution in [3.05, 3.63) is 71.8 Å². The van der Waals surface area contributed by atoms with Gasteiger partial charge in [-0.2, -0.15) is 0 Å². The van der Waals surface area contributed by atoms with Crippen molar-refractivity contribution in [3.63, 3.8) is 0 Å². The molecule has 1 aromatic heterocycles. The van der Waals surface area contributed by atoms with Gasteiger partial charge in [-0.15, -0.1) is 0 Å². The van der Waals surface area contributed by atoms with Crippen LogP contribution >= 0.6 is 0 Å². The molecule has 2 aromatic carbocycles. The number of aromatic amines is 1. The highest BCUT2D eigenvalue weighted by molar-refractivity contribution is 5.82. The van der Waals surface area contributed by atoms with E-state index in [-0.39, 0.29) is 12.1 Å². The quantitative estimate of drug-likeness (QED) is 0.708. The summed E-state index contributed by atoms with van der Waals surface area (Å²) in [5.74, 6) is 3.61. The molecule has 2 atom stereocenters. The minimum absolute atomic E-state index is 0.00452. The lowest BCUT2D eigenvalue weighted by Crippen LogP contribution is -2.33. The van der Waals surface area contributed by atoms with Crippen molar-refractivity contribution in [2.75, 3.05) is 13.7 Å². The Kier molecular flexibility index (Phi) is 4.46. The molecule has 6 heteroatoms. The largest absolute Gasteiger partial charge is 0.497 e. The van der Waals surface area contributed by atoms with Gasteiger partial charge in [0.2, 0.25) is 0 Å². The Morgan fingerprint density at radius 2 is 2.03 bits per heavy atom. The van der Waals surface area contributed by atoms with Crippen molar-refractivity contribution in [3.8, 4) is 5.75 Å². The minimum atomic E-state index is 0.00452. The summed E-state index contributed by atoms with van der Waals surface area (Å²) >= 11 is 0. The number of aromatic nitrogens is 2. The van der Waals surface area contributed by atoms with Crippen LogP contribution < -0.4 is 10.1 Å². The predicted octanol–water partition coefficient (Wildman–Crippen LogP) is 4.12. The number of methoxy groups -OCH3 is 1. The summed E-state index contributed by atoms with van der Waals surface area (Å²) in [7, 11) is 1.68. The Balaban J connectivity index is 1.47. The first-order valence-electron chi connectivity index (χ1n) is 10.0. The van der Waals surface area contributed by atoms with Crippen LogP contribution in [-0.4, -0.2) is 34.4 Å². The van der Waals surface area contributed by atoms with Gasteiger partial charge in [-0.05, 0) is 37.5 Å². The first-order valence-corrected chi connectivity index (χ1v) is 10.0. The lowest BCUT2D eigenvalue weighted by Gasteiger charge is -2.30. The molecule has 3 heterocycles. The number of hydrogen-bond donors (Lipinski definition) is 2. The Labute approximate surface area is 170 Å². The van der Waals surface area contributed by atoms with E-state index in [4.69, 9.17) is 14.7 Å². The van der Waals surface area contributed by atoms with Gasteiger partial charge in [0.05, 0.1) is 30.2 Å². The lowest BCUT2D eigenvalue weighted by molar-refractivity contribution is 0.307. The van der Waals surface area contributed by atoms with Crippen molar-refractivity contribution < 1.29 is 4.74 Å². The van der Waals surface area contributed by atoms with Gasteiger partial charge in [0.15, 0.2) is 0 Å². The van der Waals surface area contributed by atoms with Crippen LogP contribution in [0.15, 0.2) is 59.3 Å². The first-order chi connectivity index (χ1) is 14.2. The summed E-state index contributed by atoms with van der Waals surface area (Å²) in [6.07, 6.45) is 5.72. The average molecular weight is 386 g/mol. The molecular formula is C23H24N5O. The van der Waals surface area contributed by atoms with Gasteiger partial charge in [0.1, 0.15) is 23.2 Å². The monoisotopic (exact) mass is 386 g/mol. The Hall–Kier alpha value is -3.28. The van der Waals surface area contributed by atoms with Crippen LogP contribution in [0.3, 0.4) is 0 Å². The molecule has 2 aliphatic rings. The molecule has 2 aliphatic heterocycles. The fourth-order valence-electron chi connectivity index (χ4n) is 4.15. The van der Waals surface area contributed by atoms with Crippen LogP contribution in [0.1, 0.15) is 43.2 Å². The average Bonchev–Trinajstić information content (AvgIpc) is 3.40. The summed E-state index contributed by atoms with van der Waals surface area (Å²) in [5, 5.41) is 3.43. The maximum Gasteiger partial charge on any atom is 0.137 e. The van der Waals surface area contributed by atoms with E-state index in [2.05, 4.69) is 45.5 Å². The van der Waals surface area contributed by atoms with Crippen LogP contribution in [-0.2, 0) is 0 Å². The van der Waals surface area contributed by atoms with E-state index >= 15 is 0 Å². The molecule has 0 bridgehead atoms. The van der Waals surface area contributed by atoms with Crippen LogP contribution in [0.25, 0.3) is 11.0 Å². The molecule has 1 unspecified atom stereocenters. The van der Waals surface area contributed by atoms with Crippen LogP contribution in [0.5, 0.6) is 5.75 Å². The molecule has 1 radical (unpaired) electrons. The van der Waals surface area contributed by atoms with E-state index in [1.807, 2.05) is 31.2 Å². The molecular weight excluding hydrogens is 362 g/mol. The van der Waals surface area contributed by atoms with Crippen LogP contribution in [0.4, 0.5) is 0 Å². The lowest BCUT2D eigenvalue weighted by atomic mass is 10.1. The summed E-state index contributed by atoms with van der Waals surface area (Å²) in [6.45, 7) is 2.96. The van der Waals surface area contributed by atoms with Crippen LogP contribution in [0, 0.1) is 6.08 Å². The zero-order valence-electron chi connectivity index (χ0n) is 16.6. The molecule has 0 saturated carbocycles. The smallest absolute Gasteiger partial charge is 0.137 e. The third-order valence-electron chi connectivity index (χ3n) is 5.58. The van der Waals surface area contributed by atoms with Gasteiger partial charge < -0.3 is 19.9 Å². The number of H-pyrrole nitrogens is 1. The van der Waals surface area contributed by atoms with Gasteiger partial charge in [-0.25, -0.2) is 9.98 Å². The molecule has 0 aliphatic carbocycles. The highest BCUT2D eigenvalue weighted by Crippen LogP contribution is 2.36. The molecule has 3 aromatic rings. The van der Waals surface area contributed by atoms with Crippen LogP contribution in [0.2, 0.25) is 0 Å². The standard InChI is InChI=1S/C23H24N5O/c1-15-24-19(16-7-4-3-5-8-16)14-22(25-15)28-12-6-9-21(28)23-26-18-11-10-17(29-2)13-20(18)27-23/h3-5,7-8,10-11,13,19,21H,6,9,12H2,1-2H3,(H,24,25)(H,26,27)/t19?,21-/m0/s1. The molecule has 2 N–H and O–H groups in total. The maximum absolute atomic E-state index is 5.34. The van der Waals surface area contributed by atoms with Crippen molar-refractivity contribution in [2.45, 2.75) is 31.8 Å². The Bertz CT molecular complexity index is 1090. The van der Waals surface area contributed by atoms with E-state index < -0.39 is 0 Å². The summed E-state index contributed by atoms with van der Waals surface area (Å²) < 4.78 is 5.34. The van der Waals surface area contributed by atoms with E-state index in [1.165, 1.54) is 5.56 Å². The number of aliphatic imine (C=N–C) groups is 1. The SMILES string of the molecule is COc1ccc2nc([C@@H]3CCCN3C3=[C]C(c4ccccc4)NC(C)=N3)[nH]c2c1. The number of nitrogens with one attached hydrogen (secondary N) is 2. The maximum atomic E-state index is 5.34. The molecule has 29 heavy (non-hydrogen) atoms. The van der Waals surface area contributed by atoms with Gasteiger partial charge in [-0.3, -0.25) is 0 Å². The molecule has 1 fully saturated rings. The van der Waals surface area contributed by atoms with Crippen molar-refractivity contribution in [1.29, 1.82) is 0 Å². The second-order valence-electron chi connectivity index (χ2n) is 7.51. The highest BCUT2D eigenvalue weighted by Gasteiger charge is 2.32. The number of hydrogen-bond acceptors (Lipinski definition) is 5. The van der Waals surface area contributed by atoms with Gasteiger partial charge in [-0.1, -0.05) is 30.3 Å². The Morgan fingerprint density at radius 1 is 1.17 bits per heavy atom. The topological polar surface area (TPSA) is 65.5 Å². The number of benzene rings is 2. The number of rotatable bonds is 4. The van der Waals surface area contributed by atoms with Crippen molar-refractivity contribution >= 4 is 16.9 Å². The summed E-state index contributed by atoms with van der Waals surface area (Å²) in [6, 6.07) is 16.5. The number of fused-ring (bicyclic) bond motifs is 1. The van der Waals surface area contributed by atoms with Crippen molar-refractivity contribution in [2.24, 2.45) is 4.99 Å². The van der Waals surface area contributed by atoms with E-state index in [1.54, 1.807) is 7.11 Å². The predicted molar refractivity (Wildman–Crippen MR) is 114 cm³/mol. The van der Waals surface area contributed by atoms with Gasteiger partial charge in [0.25, 0.3) is 0 Å². The molecule has 147 valence electrons. The summed E-state index contributed by atoms with van der Waals surface area (Å²) in [5.41, 5.74) is 3.14. The number of likely N-dealkylation sites (tertiary alicyclic amines) is 1. The second kappa shape index (κ2) is 7.28. The normalized spacial score (nSPS) is 21.7. The third-order valence-corrected chi connectivity index (χ3v) is 5.58. The first kappa shape index (κ1) is 17.8. The number of amidine groups is 1. The molecule has 0 amide bonds. The molecule has 5 rings (SSSR count). The number of nitrogens with zero attached hydrogens (tertiary/aromatic N) is 3. The molecule has 0 spiro atoms. The third kappa shape index (κ3) is 3.35. The zero-order chi connectivity index (χ0) is 19.8. The van der Waals surface area contributed by atoms with Gasteiger partial charge in [0, 0.05) is 18.7 Å². The van der Waals surface area contributed by atoms with E-state index in [0.717, 1.165) is 53.7 Å².